The Hall–Kier alpha value is -1.26. The van der Waals surface area contributed by atoms with Crippen molar-refractivity contribution in [2.24, 2.45) is 5.41 Å². The quantitative estimate of drug-likeness (QED) is 0.658. The van der Waals surface area contributed by atoms with E-state index in [9.17, 15) is 5.11 Å². The fourth-order valence-corrected chi connectivity index (χ4v) is 2.20. The van der Waals surface area contributed by atoms with Gasteiger partial charge in [0.1, 0.15) is 0 Å². The molecule has 16 heavy (non-hydrogen) atoms. The Morgan fingerprint density at radius 3 is 2.69 bits per heavy atom. The first-order chi connectivity index (χ1) is 7.71. The minimum Gasteiger partial charge on any atom is -0.392 e. The van der Waals surface area contributed by atoms with Gasteiger partial charge in [-0.05, 0) is 31.9 Å². The molecule has 1 N–H and O–H groups in total. The summed E-state index contributed by atoms with van der Waals surface area (Å²) < 4.78 is 0. The second-order valence-corrected chi connectivity index (χ2v) is 4.80. The molecule has 0 spiro atoms. The van der Waals surface area contributed by atoms with Gasteiger partial charge in [-0.15, -0.1) is 0 Å². The molecule has 0 bridgehead atoms. The molecule has 0 aromatic heterocycles. The second kappa shape index (κ2) is 4.72. The number of benzene rings is 1. The minimum atomic E-state index is -0.266. The average Bonchev–Trinajstić information content (AvgIpc) is 2.32. The monoisotopic (exact) mass is 214 g/mol. The van der Waals surface area contributed by atoms with Gasteiger partial charge in [-0.25, -0.2) is 0 Å². The van der Waals surface area contributed by atoms with Crippen molar-refractivity contribution in [3.8, 4) is 11.8 Å². The Labute approximate surface area is 97.5 Å². The molecule has 1 aliphatic rings. The van der Waals surface area contributed by atoms with Crippen molar-refractivity contribution in [2.45, 2.75) is 38.7 Å². The predicted octanol–water partition coefficient (Wildman–Crippen LogP) is 2.98. The Morgan fingerprint density at radius 2 is 2.00 bits per heavy atom. The SMILES string of the molecule is C[C@]1(C#Cc2ccccc2)CCCC[C@@H]1O. The molecule has 1 aromatic carbocycles. The first kappa shape index (κ1) is 11.2. The lowest BCUT2D eigenvalue weighted by Gasteiger charge is -2.33. The summed E-state index contributed by atoms with van der Waals surface area (Å²) in [4.78, 5) is 0. The summed E-state index contributed by atoms with van der Waals surface area (Å²) in [6.07, 6.45) is 3.94. The zero-order valence-corrected chi connectivity index (χ0v) is 9.74. The summed E-state index contributed by atoms with van der Waals surface area (Å²) in [5.74, 6) is 6.44. The van der Waals surface area contributed by atoms with Gasteiger partial charge in [-0.2, -0.15) is 0 Å². The average molecular weight is 214 g/mol. The van der Waals surface area contributed by atoms with Crippen molar-refractivity contribution in [3.05, 3.63) is 35.9 Å². The zero-order valence-electron chi connectivity index (χ0n) is 9.74. The van der Waals surface area contributed by atoms with E-state index in [1.54, 1.807) is 0 Å². The third kappa shape index (κ3) is 2.46. The molecule has 0 unspecified atom stereocenters. The van der Waals surface area contributed by atoms with Crippen LogP contribution >= 0.6 is 0 Å². The smallest absolute Gasteiger partial charge is 0.0703 e. The van der Waals surface area contributed by atoms with Crippen LogP contribution in [-0.4, -0.2) is 11.2 Å². The summed E-state index contributed by atoms with van der Waals surface area (Å²) in [5, 5.41) is 10.0. The summed E-state index contributed by atoms with van der Waals surface area (Å²) in [6.45, 7) is 2.08. The lowest BCUT2D eigenvalue weighted by atomic mass is 9.74. The molecule has 84 valence electrons. The molecule has 1 aromatic rings. The summed E-state index contributed by atoms with van der Waals surface area (Å²) in [6, 6.07) is 9.98. The Kier molecular flexibility index (Phi) is 3.31. The van der Waals surface area contributed by atoms with Gasteiger partial charge in [0.25, 0.3) is 0 Å². The largest absolute Gasteiger partial charge is 0.392 e. The van der Waals surface area contributed by atoms with Gasteiger partial charge in [0.05, 0.1) is 11.5 Å². The fraction of sp³-hybridized carbons (Fsp3) is 0.467. The van der Waals surface area contributed by atoms with E-state index in [2.05, 4.69) is 18.8 Å². The Morgan fingerprint density at radius 1 is 1.25 bits per heavy atom. The van der Waals surface area contributed by atoms with Crippen LogP contribution in [0.2, 0.25) is 0 Å². The maximum absolute atomic E-state index is 10.0. The number of hydrogen-bond acceptors (Lipinski definition) is 1. The van der Waals surface area contributed by atoms with Crippen LogP contribution < -0.4 is 0 Å². The van der Waals surface area contributed by atoms with E-state index in [-0.39, 0.29) is 11.5 Å². The van der Waals surface area contributed by atoms with E-state index >= 15 is 0 Å². The van der Waals surface area contributed by atoms with Gasteiger partial charge in [-0.3, -0.25) is 0 Å². The molecule has 0 heterocycles. The van der Waals surface area contributed by atoms with Gasteiger partial charge in [0.15, 0.2) is 0 Å². The minimum absolute atomic E-state index is 0.214. The molecule has 1 fully saturated rings. The molecule has 1 saturated carbocycles. The second-order valence-electron chi connectivity index (χ2n) is 4.80. The molecule has 1 heteroatoms. The van der Waals surface area contributed by atoms with Crippen molar-refractivity contribution in [3.63, 3.8) is 0 Å². The van der Waals surface area contributed by atoms with Gasteiger partial charge in [0, 0.05) is 5.56 Å². The van der Waals surface area contributed by atoms with Crippen LogP contribution in [0.4, 0.5) is 0 Å². The Bertz CT molecular complexity index is 398. The highest BCUT2D eigenvalue weighted by atomic mass is 16.3. The van der Waals surface area contributed by atoms with E-state index in [4.69, 9.17) is 0 Å². The van der Waals surface area contributed by atoms with Crippen LogP contribution in [-0.2, 0) is 0 Å². The molecule has 2 atom stereocenters. The van der Waals surface area contributed by atoms with Crippen LogP contribution in [0, 0.1) is 17.3 Å². The first-order valence-electron chi connectivity index (χ1n) is 5.97. The maximum Gasteiger partial charge on any atom is 0.0703 e. The molecular formula is C15H18O. The van der Waals surface area contributed by atoms with Crippen molar-refractivity contribution >= 4 is 0 Å². The predicted molar refractivity (Wildman–Crippen MR) is 65.9 cm³/mol. The zero-order chi connectivity index (χ0) is 11.4. The van der Waals surface area contributed by atoms with E-state index in [0.717, 1.165) is 24.8 Å². The molecule has 0 amide bonds. The van der Waals surface area contributed by atoms with Crippen LogP contribution in [0.3, 0.4) is 0 Å². The molecule has 2 rings (SSSR count). The van der Waals surface area contributed by atoms with Gasteiger partial charge in [-0.1, -0.05) is 42.9 Å². The van der Waals surface area contributed by atoms with Crippen LogP contribution in [0.1, 0.15) is 38.2 Å². The standard InChI is InChI=1S/C15H18O/c1-15(11-6-5-9-14(15)16)12-10-13-7-3-2-4-8-13/h2-4,7-8,14,16H,5-6,9,11H2,1H3/t14-,15+/m0/s1. The van der Waals surface area contributed by atoms with Crippen molar-refractivity contribution in [1.82, 2.24) is 0 Å². The summed E-state index contributed by atoms with van der Waals surface area (Å²) in [5.41, 5.74) is 0.815. The van der Waals surface area contributed by atoms with E-state index in [0.29, 0.717) is 0 Å². The topological polar surface area (TPSA) is 20.2 Å². The normalized spacial score (nSPS) is 29.2. The highest BCUT2D eigenvalue weighted by molar-refractivity contribution is 5.35. The highest BCUT2D eigenvalue weighted by Crippen LogP contribution is 2.35. The number of aliphatic hydroxyl groups is 1. The van der Waals surface area contributed by atoms with Crippen LogP contribution in [0.5, 0.6) is 0 Å². The number of aliphatic hydroxyl groups excluding tert-OH is 1. The molecule has 0 radical (unpaired) electrons. The molecular weight excluding hydrogens is 196 g/mol. The Balaban J connectivity index is 2.17. The third-order valence-corrected chi connectivity index (χ3v) is 3.43. The van der Waals surface area contributed by atoms with E-state index in [1.165, 1.54) is 6.42 Å². The third-order valence-electron chi connectivity index (χ3n) is 3.43. The van der Waals surface area contributed by atoms with Crippen LogP contribution in [0.25, 0.3) is 0 Å². The first-order valence-corrected chi connectivity index (χ1v) is 5.97. The number of hydrogen-bond donors (Lipinski definition) is 1. The van der Waals surface area contributed by atoms with Gasteiger partial charge in [0.2, 0.25) is 0 Å². The number of rotatable bonds is 0. The van der Waals surface area contributed by atoms with Crippen molar-refractivity contribution < 1.29 is 5.11 Å². The van der Waals surface area contributed by atoms with E-state index < -0.39 is 0 Å². The molecule has 0 aliphatic heterocycles. The molecule has 1 nitrogen and oxygen atoms in total. The van der Waals surface area contributed by atoms with Gasteiger partial charge >= 0.3 is 0 Å². The van der Waals surface area contributed by atoms with Crippen LogP contribution in [0.15, 0.2) is 30.3 Å². The molecule has 0 saturated heterocycles. The highest BCUT2D eigenvalue weighted by Gasteiger charge is 2.33. The maximum atomic E-state index is 10.0. The summed E-state index contributed by atoms with van der Waals surface area (Å²) in [7, 11) is 0. The molecule has 1 aliphatic carbocycles. The van der Waals surface area contributed by atoms with E-state index in [1.807, 2.05) is 30.3 Å². The lowest BCUT2D eigenvalue weighted by Crippen LogP contribution is -2.34. The lowest BCUT2D eigenvalue weighted by molar-refractivity contribution is 0.0389. The summed E-state index contributed by atoms with van der Waals surface area (Å²) >= 11 is 0. The fourth-order valence-electron chi connectivity index (χ4n) is 2.20. The van der Waals surface area contributed by atoms with Crippen molar-refractivity contribution in [2.75, 3.05) is 0 Å². The van der Waals surface area contributed by atoms with Crippen molar-refractivity contribution in [1.29, 1.82) is 0 Å². The van der Waals surface area contributed by atoms with Gasteiger partial charge < -0.3 is 5.11 Å².